The van der Waals surface area contributed by atoms with Crippen LogP contribution >= 0.6 is 0 Å². The molecule has 0 aliphatic carbocycles. The van der Waals surface area contributed by atoms with E-state index in [1.165, 1.54) is 0 Å². The van der Waals surface area contributed by atoms with Crippen LogP contribution in [0.1, 0.15) is 19.4 Å². The van der Waals surface area contributed by atoms with E-state index in [-0.39, 0.29) is 11.7 Å². The number of anilines is 1. The van der Waals surface area contributed by atoms with E-state index in [0.29, 0.717) is 12.2 Å². The highest BCUT2D eigenvalue weighted by atomic mass is 32.2. The zero-order valence-corrected chi connectivity index (χ0v) is 11.3. The van der Waals surface area contributed by atoms with Gasteiger partial charge in [0, 0.05) is 6.54 Å². The van der Waals surface area contributed by atoms with E-state index in [1.807, 2.05) is 39.1 Å². The summed E-state index contributed by atoms with van der Waals surface area (Å²) in [6.07, 6.45) is 0. The molecule has 1 aromatic carbocycles. The predicted molar refractivity (Wildman–Crippen MR) is 71.5 cm³/mol. The summed E-state index contributed by atoms with van der Waals surface area (Å²) in [6, 6.07) is 7.41. The summed E-state index contributed by atoms with van der Waals surface area (Å²) < 4.78 is 26.3. The Hall–Kier alpha value is -1.07. The highest BCUT2D eigenvalue weighted by molar-refractivity contribution is 7.92. The molecule has 1 rings (SSSR count). The molecule has 17 heavy (non-hydrogen) atoms. The summed E-state index contributed by atoms with van der Waals surface area (Å²) in [6.45, 7) is 4.41. The van der Waals surface area contributed by atoms with Gasteiger partial charge in [-0.05, 0) is 24.6 Å². The van der Waals surface area contributed by atoms with Gasteiger partial charge in [-0.3, -0.25) is 4.72 Å². The van der Waals surface area contributed by atoms with Crippen molar-refractivity contribution in [1.82, 2.24) is 5.32 Å². The number of rotatable bonds is 6. The molecule has 0 aliphatic heterocycles. The van der Waals surface area contributed by atoms with Crippen LogP contribution in [0.15, 0.2) is 24.3 Å². The third-order valence-corrected chi connectivity index (χ3v) is 3.84. The lowest BCUT2D eigenvalue weighted by atomic mass is 10.2. The minimum atomic E-state index is -3.25. The van der Waals surface area contributed by atoms with Gasteiger partial charge < -0.3 is 5.32 Å². The third-order valence-electron chi connectivity index (χ3n) is 2.20. The average molecular weight is 256 g/mol. The van der Waals surface area contributed by atoms with Crippen LogP contribution in [-0.4, -0.2) is 21.2 Å². The Morgan fingerprint density at radius 2 is 1.88 bits per heavy atom. The number of hydrogen-bond donors (Lipinski definition) is 2. The fraction of sp³-hybridized carbons (Fsp3) is 0.500. The first kappa shape index (κ1) is 14.0. The smallest absolute Gasteiger partial charge is 0.232 e. The van der Waals surface area contributed by atoms with Gasteiger partial charge in [-0.2, -0.15) is 0 Å². The number of para-hydroxylation sites is 1. The van der Waals surface area contributed by atoms with Gasteiger partial charge in [-0.15, -0.1) is 0 Å². The number of hydrogen-bond acceptors (Lipinski definition) is 3. The largest absolute Gasteiger partial charge is 0.316 e. The summed E-state index contributed by atoms with van der Waals surface area (Å²) in [5.74, 6) is 0.255. The molecule has 0 heterocycles. The van der Waals surface area contributed by atoms with Crippen LogP contribution in [0, 0.1) is 5.92 Å². The second kappa shape index (κ2) is 6.02. The van der Waals surface area contributed by atoms with Crippen molar-refractivity contribution in [3.63, 3.8) is 0 Å². The van der Waals surface area contributed by atoms with Crippen LogP contribution in [-0.2, 0) is 16.6 Å². The van der Waals surface area contributed by atoms with E-state index >= 15 is 0 Å². The maximum absolute atomic E-state index is 11.8. The molecule has 0 amide bonds. The van der Waals surface area contributed by atoms with Crippen molar-refractivity contribution in [3.8, 4) is 0 Å². The van der Waals surface area contributed by atoms with E-state index in [0.717, 1.165) is 5.56 Å². The highest BCUT2D eigenvalue weighted by Gasteiger charge is 2.14. The van der Waals surface area contributed by atoms with Crippen LogP contribution in [0.2, 0.25) is 0 Å². The zero-order chi connectivity index (χ0) is 12.9. The number of nitrogens with one attached hydrogen (secondary N) is 2. The first-order valence-corrected chi connectivity index (χ1v) is 7.33. The molecule has 4 nitrogen and oxygen atoms in total. The topological polar surface area (TPSA) is 58.2 Å². The molecular formula is C12H20N2O2S. The molecule has 0 aliphatic rings. The molecule has 0 aromatic heterocycles. The first-order chi connectivity index (χ1) is 7.94. The first-order valence-electron chi connectivity index (χ1n) is 5.67. The fourth-order valence-electron chi connectivity index (χ4n) is 1.61. The Labute approximate surface area is 103 Å². The molecular weight excluding hydrogens is 236 g/mol. The molecule has 0 spiro atoms. The molecule has 96 valence electrons. The van der Waals surface area contributed by atoms with Gasteiger partial charge in [0.15, 0.2) is 0 Å². The molecule has 0 fully saturated rings. The molecule has 0 bridgehead atoms. The fourth-order valence-corrected chi connectivity index (χ4v) is 3.11. The van der Waals surface area contributed by atoms with Gasteiger partial charge in [0.05, 0.1) is 11.4 Å². The zero-order valence-electron chi connectivity index (χ0n) is 10.5. The van der Waals surface area contributed by atoms with Crippen molar-refractivity contribution >= 4 is 15.7 Å². The quantitative estimate of drug-likeness (QED) is 0.816. The average Bonchev–Trinajstić information content (AvgIpc) is 2.18. The van der Waals surface area contributed by atoms with Crippen LogP contribution in [0.4, 0.5) is 5.69 Å². The second-order valence-corrected chi connectivity index (χ2v) is 6.23. The van der Waals surface area contributed by atoms with Crippen molar-refractivity contribution in [2.75, 3.05) is 17.5 Å². The lowest BCUT2D eigenvalue weighted by Crippen LogP contribution is -2.21. The van der Waals surface area contributed by atoms with Crippen LogP contribution in [0.5, 0.6) is 0 Å². The van der Waals surface area contributed by atoms with Crippen molar-refractivity contribution in [1.29, 1.82) is 0 Å². The second-order valence-electron chi connectivity index (χ2n) is 4.46. The highest BCUT2D eigenvalue weighted by Crippen LogP contribution is 2.17. The van der Waals surface area contributed by atoms with Gasteiger partial charge in [0.2, 0.25) is 10.0 Å². The predicted octanol–water partition coefficient (Wildman–Crippen LogP) is 1.80. The summed E-state index contributed by atoms with van der Waals surface area (Å²) in [5, 5.41) is 3.02. The van der Waals surface area contributed by atoms with E-state index in [9.17, 15) is 8.42 Å². The standard InChI is InChI=1S/C12H20N2O2S/c1-10(2)9-17(15,16)14-12-7-5-4-6-11(12)8-13-3/h4-7,10,13-14H,8-9H2,1-3H3. The van der Waals surface area contributed by atoms with Crippen molar-refractivity contribution < 1.29 is 8.42 Å². The van der Waals surface area contributed by atoms with Gasteiger partial charge >= 0.3 is 0 Å². The van der Waals surface area contributed by atoms with Crippen LogP contribution in [0.3, 0.4) is 0 Å². The number of sulfonamides is 1. The van der Waals surface area contributed by atoms with Gasteiger partial charge in [-0.25, -0.2) is 8.42 Å². The maximum atomic E-state index is 11.8. The normalized spacial score (nSPS) is 11.8. The van der Waals surface area contributed by atoms with E-state index < -0.39 is 10.0 Å². The van der Waals surface area contributed by atoms with E-state index in [2.05, 4.69) is 10.0 Å². The molecule has 0 saturated heterocycles. The van der Waals surface area contributed by atoms with Crippen molar-refractivity contribution in [3.05, 3.63) is 29.8 Å². The lowest BCUT2D eigenvalue weighted by molar-refractivity contribution is 0.587. The van der Waals surface area contributed by atoms with Crippen LogP contribution < -0.4 is 10.0 Å². The summed E-state index contributed by atoms with van der Waals surface area (Å²) in [5.41, 5.74) is 1.60. The van der Waals surface area contributed by atoms with Gasteiger partial charge in [0.25, 0.3) is 0 Å². The Kier molecular flexibility index (Phi) is 4.96. The third kappa shape index (κ3) is 4.75. The molecule has 2 N–H and O–H groups in total. The van der Waals surface area contributed by atoms with Crippen molar-refractivity contribution in [2.45, 2.75) is 20.4 Å². The van der Waals surface area contributed by atoms with Crippen LogP contribution in [0.25, 0.3) is 0 Å². The Morgan fingerprint density at radius 1 is 1.24 bits per heavy atom. The minimum absolute atomic E-state index is 0.115. The number of benzene rings is 1. The van der Waals surface area contributed by atoms with E-state index in [1.54, 1.807) is 6.07 Å². The Morgan fingerprint density at radius 3 is 2.47 bits per heavy atom. The summed E-state index contributed by atoms with van der Waals surface area (Å²) in [7, 11) is -1.42. The van der Waals surface area contributed by atoms with Gasteiger partial charge in [0.1, 0.15) is 0 Å². The van der Waals surface area contributed by atoms with E-state index in [4.69, 9.17) is 0 Å². The monoisotopic (exact) mass is 256 g/mol. The lowest BCUT2D eigenvalue weighted by Gasteiger charge is -2.13. The molecule has 1 aromatic rings. The summed E-state index contributed by atoms with van der Waals surface area (Å²) >= 11 is 0. The Bertz CT molecular complexity index is 455. The van der Waals surface area contributed by atoms with Gasteiger partial charge in [-0.1, -0.05) is 32.0 Å². The maximum Gasteiger partial charge on any atom is 0.232 e. The summed E-state index contributed by atoms with van der Waals surface area (Å²) in [4.78, 5) is 0. The van der Waals surface area contributed by atoms with Crippen molar-refractivity contribution in [2.24, 2.45) is 5.92 Å². The molecule has 0 saturated carbocycles. The molecule has 0 radical (unpaired) electrons. The molecule has 0 atom stereocenters. The minimum Gasteiger partial charge on any atom is -0.316 e. The molecule has 0 unspecified atom stereocenters. The molecule has 5 heteroatoms. The SMILES string of the molecule is CNCc1ccccc1NS(=O)(=O)CC(C)C. The Balaban J connectivity index is 2.87.